The highest BCUT2D eigenvalue weighted by Crippen LogP contribution is 2.35. The van der Waals surface area contributed by atoms with Gasteiger partial charge in [-0.05, 0) is 20.3 Å². The molecule has 82 valence electrons. The van der Waals surface area contributed by atoms with Crippen LogP contribution in [0.25, 0.3) is 0 Å². The SMILES string of the molecule is CC1=CC[C@]2(CC1)OC(=O)[C@H](C)OC2=O. The second kappa shape index (κ2) is 3.36. The first-order valence-electron chi connectivity index (χ1n) is 5.13. The fourth-order valence-electron chi connectivity index (χ4n) is 1.85. The van der Waals surface area contributed by atoms with Crippen LogP contribution in [-0.4, -0.2) is 23.6 Å². The molecule has 1 heterocycles. The zero-order valence-electron chi connectivity index (χ0n) is 8.91. The summed E-state index contributed by atoms with van der Waals surface area (Å²) in [6, 6.07) is 0. The topological polar surface area (TPSA) is 52.6 Å². The quantitative estimate of drug-likeness (QED) is 0.447. The Morgan fingerprint density at radius 2 is 2.20 bits per heavy atom. The molecule has 1 fully saturated rings. The van der Waals surface area contributed by atoms with Crippen molar-refractivity contribution in [2.24, 2.45) is 0 Å². The van der Waals surface area contributed by atoms with E-state index >= 15 is 0 Å². The molecule has 15 heavy (non-hydrogen) atoms. The Morgan fingerprint density at radius 1 is 1.47 bits per heavy atom. The second-order valence-electron chi connectivity index (χ2n) is 4.22. The number of ether oxygens (including phenoxy) is 2. The summed E-state index contributed by atoms with van der Waals surface area (Å²) >= 11 is 0. The number of esters is 2. The molecule has 2 rings (SSSR count). The maximum absolute atomic E-state index is 11.7. The summed E-state index contributed by atoms with van der Waals surface area (Å²) in [4.78, 5) is 23.1. The predicted octanol–water partition coefficient (Wildman–Crippen LogP) is 1.34. The Bertz CT molecular complexity index is 344. The fraction of sp³-hybridized carbons (Fsp3) is 0.636. The van der Waals surface area contributed by atoms with Gasteiger partial charge in [0.2, 0.25) is 5.60 Å². The molecule has 0 radical (unpaired) electrons. The van der Waals surface area contributed by atoms with Gasteiger partial charge in [0.25, 0.3) is 0 Å². The van der Waals surface area contributed by atoms with Crippen molar-refractivity contribution in [3.05, 3.63) is 11.6 Å². The van der Waals surface area contributed by atoms with E-state index in [0.717, 1.165) is 6.42 Å². The van der Waals surface area contributed by atoms with Crippen molar-refractivity contribution in [2.45, 2.75) is 44.8 Å². The molecule has 1 aliphatic carbocycles. The lowest BCUT2D eigenvalue weighted by Gasteiger charge is -2.38. The van der Waals surface area contributed by atoms with Crippen LogP contribution in [0.4, 0.5) is 0 Å². The highest BCUT2D eigenvalue weighted by molar-refractivity contribution is 5.90. The number of hydrogen-bond acceptors (Lipinski definition) is 4. The Balaban J connectivity index is 2.22. The van der Waals surface area contributed by atoms with Crippen LogP contribution >= 0.6 is 0 Å². The number of rotatable bonds is 0. The van der Waals surface area contributed by atoms with Gasteiger partial charge in [-0.1, -0.05) is 11.6 Å². The summed E-state index contributed by atoms with van der Waals surface area (Å²) in [5.74, 6) is -0.846. The van der Waals surface area contributed by atoms with Crippen LogP contribution in [0.5, 0.6) is 0 Å². The summed E-state index contributed by atoms with van der Waals surface area (Å²) in [6.07, 6.45) is 2.92. The van der Waals surface area contributed by atoms with Gasteiger partial charge in [-0.2, -0.15) is 0 Å². The Hall–Kier alpha value is -1.32. The van der Waals surface area contributed by atoms with Gasteiger partial charge in [0.1, 0.15) is 0 Å². The Kier molecular flexibility index (Phi) is 2.29. The Labute approximate surface area is 88.2 Å². The first-order valence-corrected chi connectivity index (χ1v) is 5.13. The van der Waals surface area contributed by atoms with E-state index < -0.39 is 23.6 Å². The minimum absolute atomic E-state index is 0.404. The van der Waals surface area contributed by atoms with Gasteiger partial charge < -0.3 is 9.47 Å². The first-order chi connectivity index (χ1) is 7.03. The lowest BCUT2D eigenvalue weighted by molar-refractivity contribution is -0.210. The molecule has 0 aromatic carbocycles. The molecule has 0 bridgehead atoms. The third-order valence-electron chi connectivity index (χ3n) is 2.99. The van der Waals surface area contributed by atoms with Gasteiger partial charge in [-0.3, -0.25) is 0 Å². The molecule has 4 nitrogen and oxygen atoms in total. The van der Waals surface area contributed by atoms with E-state index in [-0.39, 0.29) is 0 Å². The summed E-state index contributed by atoms with van der Waals surface area (Å²) in [6.45, 7) is 3.53. The fourth-order valence-corrected chi connectivity index (χ4v) is 1.85. The largest absolute Gasteiger partial charge is 0.448 e. The van der Waals surface area contributed by atoms with Crippen molar-refractivity contribution in [3.63, 3.8) is 0 Å². The van der Waals surface area contributed by atoms with E-state index in [0.29, 0.717) is 12.8 Å². The van der Waals surface area contributed by atoms with Crippen LogP contribution in [0.2, 0.25) is 0 Å². The number of carbonyl (C=O) groups excluding carboxylic acids is 2. The van der Waals surface area contributed by atoms with E-state index in [1.54, 1.807) is 0 Å². The van der Waals surface area contributed by atoms with Crippen LogP contribution in [0, 0.1) is 0 Å². The van der Waals surface area contributed by atoms with Gasteiger partial charge in [-0.25, -0.2) is 9.59 Å². The molecule has 0 unspecified atom stereocenters. The monoisotopic (exact) mass is 210 g/mol. The number of allylic oxidation sites excluding steroid dienone is 1. The van der Waals surface area contributed by atoms with E-state index in [4.69, 9.17) is 9.47 Å². The maximum atomic E-state index is 11.7. The molecule has 2 atom stereocenters. The normalized spacial score (nSPS) is 35.9. The van der Waals surface area contributed by atoms with Crippen molar-refractivity contribution >= 4 is 11.9 Å². The first kappa shape index (κ1) is 10.2. The van der Waals surface area contributed by atoms with Crippen molar-refractivity contribution in [2.75, 3.05) is 0 Å². The molecule has 1 saturated heterocycles. The summed E-state index contributed by atoms with van der Waals surface area (Å²) < 4.78 is 10.2. The van der Waals surface area contributed by atoms with Gasteiger partial charge in [0, 0.05) is 12.8 Å². The molecule has 0 saturated carbocycles. The average molecular weight is 210 g/mol. The van der Waals surface area contributed by atoms with Crippen LogP contribution in [0.15, 0.2) is 11.6 Å². The van der Waals surface area contributed by atoms with Crippen LogP contribution in [0.1, 0.15) is 33.1 Å². The highest BCUT2D eigenvalue weighted by Gasteiger charge is 2.49. The lowest BCUT2D eigenvalue weighted by atomic mass is 9.85. The minimum atomic E-state index is -1.04. The van der Waals surface area contributed by atoms with E-state index in [1.165, 1.54) is 12.5 Å². The summed E-state index contributed by atoms with van der Waals surface area (Å²) in [5, 5.41) is 0. The molecule has 0 aromatic rings. The smallest absolute Gasteiger partial charge is 0.351 e. The maximum Gasteiger partial charge on any atom is 0.351 e. The predicted molar refractivity (Wildman–Crippen MR) is 52.0 cm³/mol. The molecule has 2 aliphatic rings. The summed E-state index contributed by atoms with van der Waals surface area (Å²) in [7, 11) is 0. The van der Waals surface area contributed by atoms with Crippen molar-refractivity contribution < 1.29 is 19.1 Å². The standard InChI is InChI=1S/C11H14O4/c1-7-3-5-11(6-4-7)10(13)14-8(2)9(12)15-11/h3,8H,4-6H2,1-2H3/t8-,11+/m0/s1. The molecule has 1 aliphatic heterocycles. The number of hydrogen-bond donors (Lipinski definition) is 0. The second-order valence-corrected chi connectivity index (χ2v) is 4.22. The molecule has 0 amide bonds. The van der Waals surface area contributed by atoms with Crippen molar-refractivity contribution in [1.29, 1.82) is 0 Å². The van der Waals surface area contributed by atoms with Crippen LogP contribution in [-0.2, 0) is 19.1 Å². The Morgan fingerprint density at radius 3 is 2.80 bits per heavy atom. The molecule has 1 spiro atoms. The van der Waals surface area contributed by atoms with E-state index in [1.807, 2.05) is 13.0 Å². The minimum Gasteiger partial charge on any atom is -0.448 e. The molecular formula is C11H14O4. The number of carbonyl (C=O) groups is 2. The third-order valence-corrected chi connectivity index (χ3v) is 2.99. The summed E-state index contributed by atoms with van der Waals surface area (Å²) in [5.41, 5.74) is 0.187. The molecule has 4 heteroatoms. The van der Waals surface area contributed by atoms with Gasteiger partial charge in [0.05, 0.1) is 0 Å². The van der Waals surface area contributed by atoms with Gasteiger partial charge >= 0.3 is 11.9 Å². The average Bonchev–Trinajstić information content (AvgIpc) is 2.20. The molecule has 0 N–H and O–H groups in total. The van der Waals surface area contributed by atoms with E-state index in [9.17, 15) is 9.59 Å². The van der Waals surface area contributed by atoms with E-state index in [2.05, 4.69) is 0 Å². The van der Waals surface area contributed by atoms with Crippen molar-refractivity contribution in [1.82, 2.24) is 0 Å². The zero-order chi connectivity index (χ0) is 11.1. The van der Waals surface area contributed by atoms with Crippen LogP contribution < -0.4 is 0 Å². The van der Waals surface area contributed by atoms with Crippen molar-refractivity contribution in [3.8, 4) is 0 Å². The highest BCUT2D eigenvalue weighted by atomic mass is 16.7. The van der Waals surface area contributed by atoms with Gasteiger partial charge in [-0.15, -0.1) is 0 Å². The molecular weight excluding hydrogens is 196 g/mol. The number of cyclic esters (lactones) is 1. The van der Waals surface area contributed by atoms with Gasteiger partial charge in [0.15, 0.2) is 6.10 Å². The lowest BCUT2D eigenvalue weighted by Crippen LogP contribution is -2.53. The third kappa shape index (κ3) is 1.64. The zero-order valence-corrected chi connectivity index (χ0v) is 8.91. The van der Waals surface area contributed by atoms with Crippen LogP contribution in [0.3, 0.4) is 0 Å². The molecule has 0 aromatic heterocycles.